The lowest BCUT2D eigenvalue weighted by molar-refractivity contribution is 1.41. The normalized spacial score (nSPS) is 21.0. The Morgan fingerprint density at radius 3 is 2.70 bits per heavy atom. The highest BCUT2D eigenvalue weighted by Crippen LogP contribution is 2.12. The van der Waals surface area contributed by atoms with E-state index in [4.69, 9.17) is 0 Å². The SMILES string of the molecule is C/C=C1\C=CC=CC=C1C. The summed E-state index contributed by atoms with van der Waals surface area (Å²) in [4.78, 5) is 0. The molecule has 0 heterocycles. The van der Waals surface area contributed by atoms with Gasteiger partial charge in [-0.3, -0.25) is 0 Å². The van der Waals surface area contributed by atoms with E-state index in [1.165, 1.54) is 11.1 Å². The van der Waals surface area contributed by atoms with Crippen molar-refractivity contribution in [1.82, 2.24) is 0 Å². The third-order valence-corrected chi connectivity index (χ3v) is 1.61. The van der Waals surface area contributed by atoms with Gasteiger partial charge in [0.1, 0.15) is 0 Å². The third-order valence-electron chi connectivity index (χ3n) is 1.61. The lowest BCUT2D eigenvalue weighted by Gasteiger charge is -1.96. The molecule has 52 valence electrons. The Morgan fingerprint density at radius 2 is 2.00 bits per heavy atom. The Bertz CT molecular complexity index is 224. The van der Waals surface area contributed by atoms with E-state index in [0.717, 1.165) is 0 Å². The van der Waals surface area contributed by atoms with Gasteiger partial charge in [-0.1, -0.05) is 36.5 Å². The molecule has 0 unspecified atom stereocenters. The molecule has 0 aromatic carbocycles. The van der Waals surface area contributed by atoms with Crippen LogP contribution in [0, 0.1) is 0 Å². The van der Waals surface area contributed by atoms with E-state index in [-0.39, 0.29) is 0 Å². The number of hydrogen-bond donors (Lipinski definition) is 0. The zero-order chi connectivity index (χ0) is 7.40. The average Bonchev–Trinajstić information content (AvgIpc) is 2.13. The zero-order valence-corrected chi connectivity index (χ0v) is 6.46. The second kappa shape index (κ2) is 3.21. The standard InChI is InChI=1S/C10H12/c1-3-10-8-6-4-5-7-9(10)2/h3-8H,1-2H3/b10-3+. The van der Waals surface area contributed by atoms with Gasteiger partial charge in [0.05, 0.1) is 0 Å². The van der Waals surface area contributed by atoms with Crippen molar-refractivity contribution in [2.45, 2.75) is 13.8 Å². The Labute approximate surface area is 62.3 Å². The van der Waals surface area contributed by atoms with E-state index in [2.05, 4.69) is 44.2 Å². The molecule has 0 saturated heterocycles. The molecule has 0 spiro atoms. The van der Waals surface area contributed by atoms with Crippen LogP contribution >= 0.6 is 0 Å². The second-order valence-corrected chi connectivity index (χ2v) is 2.34. The van der Waals surface area contributed by atoms with Gasteiger partial charge >= 0.3 is 0 Å². The predicted molar refractivity (Wildman–Crippen MR) is 45.8 cm³/mol. The molecule has 0 aromatic rings. The van der Waals surface area contributed by atoms with Crippen LogP contribution in [-0.4, -0.2) is 0 Å². The molecule has 0 radical (unpaired) electrons. The molecule has 10 heavy (non-hydrogen) atoms. The first-order valence-corrected chi connectivity index (χ1v) is 3.53. The highest BCUT2D eigenvalue weighted by Gasteiger charge is 1.92. The maximum atomic E-state index is 2.12. The molecule has 1 aliphatic rings. The molecule has 0 aliphatic heterocycles. The molecule has 0 heteroatoms. The van der Waals surface area contributed by atoms with E-state index in [9.17, 15) is 0 Å². The van der Waals surface area contributed by atoms with E-state index >= 15 is 0 Å². The van der Waals surface area contributed by atoms with Crippen LogP contribution in [0.3, 0.4) is 0 Å². The van der Waals surface area contributed by atoms with Crippen molar-refractivity contribution >= 4 is 0 Å². The lowest BCUT2D eigenvalue weighted by atomic mass is 10.1. The van der Waals surface area contributed by atoms with Crippen molar-refractivity contribution in [3.63, 3.8) is 0 Å². The van der Waals surface area contributed by atoms with Gasteiger partial charge in [-0.2, -0.15) is 0 Å². The van der Waals surface area contributed by atoms with Crippen LogP contribution in [0.4, 0.5) is 0 Å². The van der Waals surface area contributed by atoms with Crippen LogP contribution in [-0.2, 0) is 0 Å². The van der Waals surface area contributed by atoms with Gasteiger partial charge in [0.15, 0.2) is 0 Å². The first-order chi connectivity index (χ1) is 4.84. The topological polar surface area (TPSA) is 0 Å². The Hall–Kier alpha value is -1.04. The van der Waals surface area contributed by atoms with Crippen LogP contribution < -0.4 is 0 Å². The van der Waals surface area contributed by atoms with E-state index in [1.807, 2.05) is 6.08 Å². The molecule has 0 atom stereocenters. The van der Waals surface area contributed by atoms with Gasteiger partial charge in [0, 0.05) is 0 Å². The molecule has 0 amide bonds. The molecular weight excluding hydrogens is 120 g/mol. The van der Waals surface area contributed by atoms with Gasteiger partial charge in [0.25, 0.3) is 0 Å². The summed E-state index contributed by atoms with van der Waals surface area (Å²) >= 11 is 0. The van der Waals surface area contributed by atoms with Crippen molar-refractivity contribution in [3.8, 4) is 0 Å². The van der Waals surface area contributed by atoms with Crippen LogP contribution in [0.25, 0.3) is 0 Å². The minimum absolute atomic E-state index is 1.31. The van der Waals surface area contributed by atoms with Crippen molar-refractivity contribution in [2.75, 3.05) is 0 Å². The van der Waals surface area contributed by atoms with Gasteiger partial charge in [0.2, 0.25) is 0 Å². The first-order valence-electron chi connectivity index (χ1n) is 3.53. The Balaban J connectivity index is 2.97. The Kier molecular flexibility index (Phi) is 2.27. The molecule has 0 N–H and O–H groups in total. The molecule has 0 nitrogen and oxygen atoms in total. The quantitative estimate of drug-likeness (QED) is 0.475. The van der Waals surface area contributed by atoms with E-state index in [0.29, 0.717) is 0 Å². The summed E-state index contributed by atoms with van der Waals surface area (Å²) in [5.74, 6) is 0. The Morgan fingerprint density at radius 1 is 1.20 bits per heavy atom. The summed E-state index contributed by atoms with van der Waals surface area (Å²) in [7, 11) is 0. The molecule has 0 fully saturated rings. The van der Waals surface area contributed by atoms with Crippen LogP contribution in [0.15, 0.2) is 47.6 Å². The highest BCUT2D eigenvalue weighted by atomic mass is 14.0. The van der Waals surface area contributed by atoms with E-state index in [1.54, 1.807) is 0 Å². The number of allylic oxidation sites excluding steroid dienone is 8. The maximum absolute atomic E-state index is 2.12. The van der Waals surface area contributed by atoms with Crippen molar-refractivity contribution in [2.24, 2.45) is 0 Å². The third kappa shape index (κ3) is 1.47. The minimum Gasteiger partial charge on any atom is -0.0801 e. The van der Waals surface area contributed by atoms with Crippen LogP contribution in [0.2, 0.25) is 0 Å². The monoisotopic (exact) mass is 132 g/mol. The van der Waals surface area contributed by atoms with Crippen molar-refractivity contribution in [3.05, 3.63) is 47.6 Å². The summed E-state index contributed by atoms with van der Waals surface area (Å²) in [5.41, 5.74) is 2.64. The summed E-state index contributed by atoms with van der Waals surface area (Å²) in [6, 6.07) is 0. The largest absolute Gasteiger partial charge is 0.0801 e. The van der Waals surface area contributed by atoms with Gasteiger partial charge in [-0.15, -0.1) is 0 Å². The first kappa shape index (κ1) is 7.07. The summed E-state index contributed by atoms with van der Waals surface area (Å²) in [6.45, 7) is 4.18. The summed E-state index contributed by atoms with van der Waals surface area (Å²) < 4.78 is 0. The molecular formula is C10H12. The zero-order valence-electron chi connectivity index (χ0n) is 6.46. The molecule has 0 saturated carbocycles. The fraction of sp³-hybridized carbons (Fsp3) is 0.200. The van der Waals surface area contributed by atoms with Gasteiger partial charge < -0.3 is 0 Å². The number of rotatable bonds is 0. The maximum Gasteiger partial charge on any atom is -0.0270 e. The summed E-state index contributed by atoms with van der Waals surface area (Å²) in [6.07, 6.45) is 12.5. The molecule has 1 rings (SSSR count). The minimum atomic E-state index is 1.31. The van der Waals surface area contributed by atoms with Crippen molar-refractivity contribution < 1.29 is 0 Å². The molecule has 0 aromatic heterocycles. The van der Waals surface area contributed by atoms with Gasteiger partial charge in [-0.05, 0) is 25.0 Å². The van der Waals surface area contributed by atoms with Crippen molar-refractivity contribution in [1.29, 1.82) is 0 Å². The summed E-state index contributed by atoms with van der Waals surface area (Å²) in [5, 5.41) is 0. The molecule has 1 aliphatic carbocycles. The second-order valence-electron chi connectivity index (χ2n) is 2.34. The van der Waals surface area contributed by atoms with E-state index < -0.39 is 0 Å². The van der Waals surface area contributed by atoms with Crippen LogP contribution in [0.5, 0.6) is 0 Å². The highest BCUT2D eigenvalue weighted by molar-refractivity contribution is 5.43. The average molecular weight is 132 g/mol. The predicted octanol–water partition coefficient (Wildman–Crippen LogP) is 3.01. The smallest absolute Gasteiger partial charge is 0.0270 e. The van der Waals surface area contributed by atoms with Crippen LogP contribution in [0.1, 0.15) is 13.8 Å². The molecule has 0 bridgehead atoms. The fourth-order valence-electron chi connectivity index (χ4n) is 0.975. The lowest BCUT2D eigenvalue weighted by Crippen LogP contribution is -1.77. The fourth-order valence-corrected chi connectivity index (χ4v) is 0.975. The van der Waals surface area contributed by atoms with Gasteiger partial charge in [-0.25, -0.2) is 0 Å². The number of hydrogen-bond acceptors (Lipinski definition) is 0.